The number of carbonyl (C=O) groups is 3. The van der Waals surface area contributed by atoms with Crippen LogP contribution < -0.4 is 10.2 Å². The second kappa shape index (κ2) is 9.26. The van der Waals surface area contributed by atoms with Crippen molar-refractivity contribution in [2.75, 3.05) is 11.4 Å². The van der Waals surface area contributed by atoms with E-state index in [0.29, 0.717) is 32.6 Å². The van der Waals surface area contributed by atoms with Gasteiger partial charge < -0.3 is 5.32 Å². The van der Waals surface area contributed by atoms with Crippen LogP contribution in [0.2, 0.25) is 0 Å². The predicted octanol–water partition coefficient (Wildman–Crippen LogP) is 3.72. The van der Waals surface area contributed by atoms with Gasteiger partial charge in [0, 0.05) is 18.2 Å². The van der Waals surface area contributed by atoms with Crippen LogP contribution in [-0.4, -0.2) is 39.5 Å². The van der Waals surface area contributed by atoms with E-state index in [2.05, 4.69) is 5.32 Å². The minimum atomic E-state index is -0.356. The maximum absolute atomic E-state index is 13.4. The lowest BCUT2D eigenvalue weighted by Gasteiger charge is -2.21. The van der Waals surface area contributed by atoms with Gasteiger partial charge in [0.2, 0.25) is 5.91 Å². The summed E-state index contributed by atoms with van der Waals surface area (Å²) in [6.45, 7) is 4.18. The largest absolute Gasteiger partial charge is 0.350 e. The molecule has 4 rings (SSSR count). The van der Waals surface area contributed by atoms with E-state index >= 15 is 0 Å². The van der Waals surface area contributed by atoms with E-state index in [1.54, 1.807) is 17.0 Å². The zero-order valence-electron chi connectivity index (χ0n) is 17.8. The van der Waals surface area contributed by atoms with Crippen LogP contribution in [0.1, 0.15) is 31.4 Å². The van der Waals surface area contributed by atoms with Crippen molar-refractivity contribution in [1.29, 1.82) is 0 Å². The van der Waals surface area contributed by atoms with Crippen LogP contribution in [0.4, 0.5) is 5.69 Å². The third kappa shape index (κ3) is 4.08. The van der Waals surface area contributed by atoms with Gasteiger partial charge in [-0.05, 0) is 25.0 Å². The summed E-state index contributed by atoms with van der Waals surface area (Å²) >= 11 is 6.59. The van der Waals surface area contributed by atoms with Crippen molar-refractivity contribution < 1.29 is 14.4 Å². The normalized spacial score (nSPS) is 18.9. The van der Waals surface area contributed by atoms with E-state index in [-0.39, 0.29) is 30.3 Å². The second-order valence-corrected chi connectivity index (χ2v) is 9.32. The van der Waals surface area contributed by atoms with Gasteiger partial charge in [-0.1, -0.05) is 79.4 Å². The van der Waals surface area contributed by atoms with Gasteiger partial charge in [-0.15, -0.1) is 0 Å². The number of thiocarbonyl (C=S) groups is 1. The van der Waals surface area contributed by atoms with Gasteiger partial charge in [-0.2, -0.15) is 0 Å². The molecule has 2 aliphatic rings. The van der Waals surface area contributed by atoms with E-state index in [1.165, 1.54) is 4.90 Å². The fourth-order valence-corrected chi connectivity index (χ4v) is 5.28. The predicted molar refractivity (Wildman–Crippen MR) is 131 cm³/mol. The van der Waals surface area contributed by atoms with Gasteiger partial charge in [0.05, 0.1) is 16.2 Å². The Bertz CT molecular complexity index is 1130. The molecule has 1 N–H and O–H groups in total. The van der Waals surface area contributed by atoms with Crippen LogP contribution >= 0.6 is 24.0 Å². The van der Waals surface area contributed by atoms with Gasteiger partial charge >= 0.3 is 0 Å². The molecule has 2 heterocycles. The Morgan fingerprint density at radius 3 is 2.47 bits per heavy atom. The van der Waals surface area contributed by atoms with Gasteiger partial charge in [0.25, 0.3) is 11.8 Å². The third-order valence-corrected chi connectivity index (χ3v) is 7.02. The van der Waals surface area contributed by atoms with Crippen LogP contribution in [0, 0.1) is 0 Å². The van der Waals surface area contributed by atoms with E-state index in [0.717, 1.165) is 23.7 Å². The molecular weight excluding hydrogens is 442 g/mol. The zero-order valence-corrected chi connectivity index (χ0v) is 19.5. The summed E-state index contributed by atoms with van der Waals surface area (Å²) in [5, 5.41) is 2.86. The molecule has 0 spiro atoms. The molecule has 0 aliphatic carbocycles. The van der Waals surface area contributed by atoms with E-state index in [1.807, 2.05) is 56.3 Å². The molecule has 0 aromatic heterocycles. The molecule has 2 aromatic carbocycles. The number of para-hydroxylation sites is 1. The highest BCUT2D eigenvalue weighted by atomic mass is 32.2. The third-order valence-electron chi connectivity index (χ3n) is 5.62. The fraction of sp³-hybridized carbons (Fsp3) is 0.250. The molecule has 2 aliphatic heterocycles. The molecule has 3 amide bonds. The lowest BCUT2D eigenvalue weighted by molar-refractivity contribution is -0.123. The monoisotopic (exact) mass is 465 g/mol. The van der Waals surface area contributed by atoms with Crippen LogP contribution in [0.15, 0.2) is 59.5 Å². The molecule has 1 atom stereocenters. The lowest BCUT2D eigenvalue weighted by Crippen LogP contribution is -2.39. The van der Waals surface area contributed by atoms with Crippen molar-refractivity contribution in [3.05, 3.63) is 70.6 Å². The van der Waals surface area contributed by atoms with Crippen molar-refractivity contribution in [3.63, 3.8) is 0 Å². The number of anilines is 1. The number of amides is 3. The number of fused-ring (bicyclic) bond motifs is 1. The first-order valence-electron chi connectivity index (χ1n) is 10.4. The molecule has 0 saturated carbocycles. The Balaban J connectivity index is 1.60. The van der Waals surface area contributed by atoms with Crippen LogP contribution in [-0.2, 0) is 20.9 Å². The summed E-state index contributed by atoms with van der Waals surface area (Å²) in [5.74, 6) is -0.876. The summed E-state index contributed by atoms with van der Waals surface area (Å²) in [5.41, 5.74) is 2.57. The summed E-state index contributed by atoms with van der Waals surface area (Å²) in [7, 11) is 0. The molecular formula is C24H23N3O3S2. The highest BCUT2D eigenvalue weighted by Crippen LogP contribution is 2.45. The van der Waals surface area contributed by atoms with Gasteiger partial charge in [-0.25, -0.2) is 0 Å². The number of thioether (sulfide) groups is 1. The number of carbonyl (C=O) groups excluding carboxylic acids is 3. The quantitative estimate of drug-likeness (QED) is 0.520. The van der Waals surface area contributed by atoms with Crippen LogP contribution in [0.5, 0.6) is 0 Å². The van der Waals surface area contributed by atoms with Crippen molar-refractivity contribution in [3.8, 4) is 0 Å². The topological polar surface area (TPSA) is 69.7 Å². The number of rotatable bonds is 6. The fourth-order valence-electron chi connectivity index (χ4n) is 3.75. The Hall–Kier alpha value is -2.97. The second-order valence-electron chi connectivity index (χ2n) is 7.68. The standard InChI is InChI=1S/C24H23N3O3S2/c1-3-15(2)27-23(30)21(32-24(27)31)20-17-11-7-8-12-18(17)26(22(20)29)14-19(28)25-13-16-9-5-4-6-10-16/h4-12,15H,3,13-14H2,1-2H3,(H,25,28). The SMILES string of the molecule is CCC(C)N1C(=O)C(=C2C(=O)N(CC(=O)NCc3ccccc3)c3ccccc32)SC1=S. The molecule has 1 unspecified atom stereocenters. The van der Waals surface area contributed by atoms with Crippen molar-refractivity contribution >= 4 is 57.3 Å². The molecule has 1 fully saturated rings. The number of hydrogen-bond donors (Lipinski definition) is 1. The molecule has 32 heavy (non-hydrogen) atoms. The molecule has 164 valence electrons. The Morgan fingerprint density at radius 1 is 1.06 bits per heavy atom. The summed E-state index contributed by atoms with van der Waals surface area (Å²) in [6.07, 6.45) is 0.757. The number of nitrogens with zero attached hydrogens (tertiary/aromatic N) is 2. The van der Waals surface area contributed by atoms with Crippen LogP contribution in [0.25, 0.3) is 5.57 Å². The number of nitrogens with one attached hydrogen (secondary N) is 1. The molecule has 2 aromatic rings. The van der Waals surface area contributed by atoms with Crippen molar-refractivity contribution in [2.45, 2.75) is 32.9 Å². The smallest absolute Gasteiger partial charge is 0.267 e. The number of hydrogen-bond acceptors (Lipinski definition) is 5. The molecule has 0 bridgehead atoms. The maximum Gasteiger partial charge on any atom is 0.267 e. The zero-order chi connectivity index (χ0) is 22.8. The van der Waals surface area contributed by atoms with E-state index < -0.39 is 0 Å². The van der Waals surface area contributed by atoms with Crippen LogP contribution in [0.3, 0.4) is 0 Å². The summed E-state index contributed by atoms with van der Waals surface area (Å²) < 4.78 is 0.455. The molecule has 1 saturated heterocycles. The summed E-state index contributed by atoms with van der Waals surface area (Å²) in [4.78, 5) is 42.5. The minimum Gasteiger partial charge on any atom is -0.350 e. The molecule has 8 heteroatoms. The Labute approximate surface area is 196 Å². The highest BCUT2D eigenvalue weighted by molar-refractivity contribution is 8.26. The first kappa shape index (κ1) is 22.2. The first-order valence-corrected chi connectivity index (χ1v) is 11.7. The molecule has 0 radical (unpaired) electrons. The number of benzene rings is 2. The first-order chi connectivity index (χ1) is 15.4. The highest BCUT2D eigenvalue weighted by Gasteiger charge is 2.43. The minimum absolute atomic E-state index is 0.0489. The van der Waals surface area contributed by atoms with Gasteiger partial charge in [-0.3, -0.25) is 24.2 Å². The van der Waals surface area contributed by atoms with E-state index in [4.69, 9.17) is 12.2 Å². The average Bonchev–Trinajstić information content (AvgIpc) is 3.24. The maximum atomic E-state index is 13.4. The Kier molecular flexibility index (Phi) is 6.43. The average molecular weight is 466 g/mol. The molecule has 6 nitrogen and oxygen atoms in total. The van der Waals surface area contributed by atoms with Gasteiger partial charge in [0.1, 0.15) is 10.9 Å². The summed E-state index contributed by atoms with van der Waals surface area (Å²) in [6, 6.07) is 16.8. The Morgan fingerprint density at radius 2 is 1.75 bits per heavy atom. The van der Waals surface area contributed by atoms with E-state index in [9.17, 15) is 14.4 Å². The van der Waals surface area contributed by atoms with Crippen molar-refractivity contribution in [2.24, 2.45) is 0 Å². The van der Waals surface area contributed by atoms with Crippen molar-refractivity contribution in [1.82, 2.24) is 10.2 Å². The lowest BCUT2D eigenvalue weighted by atomic mass is 10.1. The van der Waals surface area contributed by atoms with Gasteiger partial charge in [0.15, 0.2) is 0 Å².